The van der Waals surface area contributed by atoms with E-state index < -0.39 is 20.0 Å². The summed E-state index contributed by atoms with van der Waals surface area (Å²) in [6.45, 7) is 18.8. The van der Waals surface area contributed by atoms with Crippen LogP contribution in [-0.4, -0.2) is 47.9 Å². The van der Waals surface area contributed by atoms with Crippen molar-refractivity contribution in [3.63, 3.8) is 0 Å². The first kappa shape index (κ1) is 35.2. The van der Waals surface area contributed by atoms with Gasteiger partial charge in [0.25, 0.3) is 0 Å². The fourth-order valence-corrected chi connectivity index (χ4v) is 6.34. The van der Waals surface area contributed by atoms with Crippen LogP contribution in [0, 0.1) is 0 Å². The molecular weight excluding hydrogens is 566 g/mol. The molecule has 240 valence electrons. The lowest BCUT2D eigenvalue weighted by atomic mass is 9.89. The molecule has 2 N–H and O–H groups in total. The fraction of sp³-hybridized carbons (Fsp3) is 0.528. The number of rotatable bonds is 14. The first-order chi connectivity index (χ1) is 20.6. The van der Waals surface area contributed by atoms with Crippen LogP contribution in [0.5, 0.6) is 0 Å². The van der Waals surface area contributed by atoms with Gasteiger partial charge in [0.2, 0.25) is 0 Å². The molecule has 0 aliphatic heterocycles. The maximum Gasteiger partial charge on any atom is 0.407 e. The Kier molecular flexibility index (Phi) is 12.2. The Morgan fingerprint density at radius 1 is 0.909 bits per heavy atom. The predicted octanol–water partition coefficient (Wildman–Crippen LogP) is 8.64. The monoisotopic (exact) mass is 619 g/mol. The maximum atomic E-state index is 13.3. The smallest absolute Gasteiger partial charge is 0.407 e. The van der Waals surface area contributed by atoms with Crippen molar-refractivity contribution in [3.05, 3.63) is 89.5 Å². The van der Waals surface area contributed by atoms with Gasteiger partial charge in [-0.05, 0) is 75.7 Å². The number of aromatic nitrogens is 2. The highest BCUT2D eigenvalue weighted by Gasteiger charge is 2.42. The van der Waals surface area contributed by atoms with E-state index in [0.29, 0.717) is 31.4 Å². The third kappa shape index (κ3) is 10.7. The minimum Gasteiger partial charge on any atom is -0.444 e. The van der Waals surface area contributed by atoms with Crippen molar-refractivity contribution in [2.75, 3.05) is 0 Å². The van der Waals surface area contributed by atoms with Gasteiger partial charge in [0, 0.05) is 12.3 Å². The number of nitrogens with one attached hydrogen (secondary N) is 2. The third-order valence-electron chi connectivity index (χ3n) is 8.30. The van der Waals surface area contributed by atoms with Gasteiger partial charge < -0.3 is 19.5 Å². The standard InChI is InChI=1S/C36H53N3O4Si/c1-10-17-31(40)30-25-37-33(38-30)28(22-26-18-13-11-14-19-26)24-32(43-44(8,9)36(5,6)7)29(23-27-20-15-12-16-21-27)39-34(41)42-35(2,3)4/h11-16,18-21,25,28-29,32H,10,17,22-24H2,1-9H3,(H,37,38)(H,39,41)/t28-,29+,32+/m1/s1. The number of aromatic amines is 1. The summed E-state index contributed by atoms with van der Waals surface area (Å²) in [5.41, 5.74) is 2.17. The molecule has 44 heavy (non-hydrogen) atoms. The zero-order chi connectivity index (χ0) is 32.5. The summed E-state index contributed by atoms with van der Waals surface area (Å²) in [7, 11) is -2.31. The Hall–Kier alpha value is -3.23. The summed E-state index contributed by atoms with van der Waals surface area (Å²) in [6, 6.07) is 20.1. The molecule has 0 radical (unpaired) electrons. The van der Waals surface area contributed by atoms with Gasteiger partial charge in [0.15, 0.2) is 14.1 Å². The van der Waals surface area contributed by atoms with Gasteiger partial charge >= 0.3 is 6.09 Å². The summed E-state index contributed by atoms with van der Waals surface area (Å²) < 4.78 is 13.0. The molecule has 0 bridgehead atoms. The number of ether oxygens (including phenoxy) is 1. The first-order valence-electron chi connectivity index (χ1n) is 15.9. The van der Waals surface area contributed by atoms with Gasteiger partial charge in [-0.25, -0.2) is 9.78 Å². The number of carbonyl (C=O) groups is 2. The number of benzene rings is 2. The highest BCUT2D eigenvalue weighted by atomic mass is 28.4. The van der Waals surface area contributed by atoms with Crippen molar-refractivity contribution in [3.8, 4) is 0 Å². The number of ketones is 1. The summed E-state index contributed by atoms with van der Waals surface area (Å²) in [4.78, 5) is 34.1. The van der Waals surface area contributed by atoms with Crippen LogP contribution in [0.15, 0.2) is 66.9 Å². The average molecular weight is 620 g/mol. The van der Waals surface area contributed by atoms with Crippen LogP contribution in [0.2, 0.25) is 18.1 Å². The minimum atomic E-state index is -2.31. The zero-order valence-electron chi connectivity index (χ0n) is 28.2. The second-order valence-corrected chi connectivity index (χ2v) is 19.1. The predicted molar refractivity (Wildman–Crippen MR) is 181 cm³/mol. The van der Waals surface area contributed by atoms with Gasteiger partial charge in [-0.15, -0.1) is 0 Å². The van der Waals surface area contributed by atoms with Gasteiger partial charge in [0.05, 0.1) is 18.3 Å². The van der Waals surface area contributed by atoms with Crippen molar-refractivity contribution in [2.24, 2.45) is 0 Å². The van der Waals surface area contributed by atoms with Crippen molar-refractivity contribution < 1.29 is 18.8 Å². The lowest BCUT2D eigenvalue weighted by Crippen LogP contribution is -2.53. The Morgan fingerprint density at radius 2 is 1.48 bits per heavy atom. The number of hydrogen-bond donors (Lipinski definition) is 2. The molecule has 1 amide bonds. The molecule has 1 heterocycles. The van der Waals surface area contributed by atoms with E-state index in [4.69, 9.17) is 14.1 Å². The molecule has 8 heteroatoms. The van der Waals surface area contributed by atoms with E-state index in [1.165, 1.54) is 5.56 Å². The minimum absolute atomic E-state index is 0.0478. The Bertz CT molecular complexity index is 1330. The molecule has 0 saturated heterocycles. The second kappa shape index (κ2) is 15.2. The third-order valence-corrected chi connectivity index (χ3v) is 12.8. The normalized spacial score (nSPS) is 14.5. The second-order valence-electron chi connectivity index (χ2n) is 14.3. The Balaban J connectivity index is 2.08. The molecule has 0 fully saturated rings. The molecule has 2 aromatic carbocycles. The van der Waals surface area contributed by atoms with Crippen LogP contribution in [0.3, 0.4) is 0 Å². The molecule has 0 unspecified atom stereocenters. The molecule has 0 spiro atoms. The van der Waals surface area contributed by atoms with Crippen LogP contribution in [0.1, 0.15) is 101 Å². The van der Waals surface area contributed by atoms with E-state index >= 15 is 0 Å². The van der Waals surface area contributed by atoms with E-state index in [2.05, 4.69) is 68.4 Å². The Morgan fingerprint density at radius 3 is 2.00 bits per heavy atom. The number of hydrogen-bond acceptors (Lipinski definition) is 5. The quantitative estimate of drug-likeness (QED) is 0.139. The van der Waals surface area contributed by atoms with Crippen molar-refractivity contribution in [1.29, 1.82) is 0 Å². The van der Waals surface area contributed by atoms with E-state index in [-0.39, 0.29) is 28.9 Å². The largest absolute Gasteiger partial charge is 0.444 e. The van der Waals surface area contributed by atoms with Gasteiger partial charge in [-0.2, -0.15) is 0 Å². The summed E-state index contributed by atoms with van der Waals surface area (Å²) in [5.74, 6) is 0.731. The van der Waals surface area contributed by atoms with Gasteiger partial charge in [-0.3, -0.25) is 4.79 Å². The highest BCUT2D eigenvalue weighted by Crippen LogP contribution is 2.39. The van der Waals surface area contributed by atoms with E-state index in [1.54, 1.807) is 6.20 Å². The zero-order valence-corrected chi connectivity index (χ0v) is 29.2. The van der Waals surface area contributed by atoms with Crippen LogP contribution < -0.4 is 5.32 Å². The highest BCUT2D eigenvalue weighted by molar-refractivity contribution is 6.74. The summed E-state index contributed by atoms with van der Waals surface area (Å²) >= 11 is 0. The molecule has 0 saturated carbocycles. The lowest BCUT2D eigenvalue weighted by Gasteiger charge is -2.42. The van der Waals surface area contributed by atoms with Crippen LogP contribution in [-0.2, 0) is 22.0 Å². The summed E-state index contributed by atoms with van der Waals surface area (Å²) in [6.07, 6.45) is 3.97. The van der Waals surface area contributed by atoms with Crippen LogP contribution in [0.25, 0.3) is 0 Å². The van der Waals surface area contributed by atoms with E-state index in [9.17, 15) is 9.59 Å². The maximum absolute atomic E-state index is 13.3. The molecular formula is C36H53N3O4Si. The number of nitrogens with zero attached hydrogens (tertiary/aromatic N) is 1. The average Bonchev–Trinajstić information content (AvgIpc) is 3.42. The topological polar surface area (TPSA) is 93.3 Å². The molecule has 0 aliphatic rings. The van der Waals surface area contributed by atoms with Crippen molar-refractivity contribution >= 4 is 20.2 Å². The number of Topliss-reactive ketones (excluding diaryl/α,β-unsaturated/α-hetero) is 1. The number of alkyl carbamates (subject to hydrolysis) is 1. The van der Waals surface area contributed by atoms with Gasteiger partial charge in [0.1, 0.15) is 17.1 Å². The molecule has 3 aromatic rings. The number of imidazole rings is 1. The SMILES string of the molecule is CCCC(=O)c1cnc([C@H](Cc2ccccc2)C[C@H](O[Si](C)(C)C(C)(C)C)[C@H](Cc2ccccc2)NC(=O)OC(C)(C)C)[nH]1. The number of carbonyl (C=O) groups excluding carboxylic acids is 2. The molecule has 7 nitrogen and oxygen atoms in total. The molecule has 1 aromatic heterocycles. The molecule has 3 rings (SSSR count). The van der Waals surface area contributed by atoms with Crippen LogP contribution in [0.4, 0.5) is 4.79 Å². The van der Waals surface area contributed by atoms with Crippen molar-refractivity contribution in [2.45, 2.75) is 122 Å². The summed E-state index contributed by atoms with van der Waals surface area (Å²) in [5, 5.41) is 3.16. The molecule has 0 aliphatic carbocycles. The van der Waals surface area contributed by atoms with Crippen molar-refractivity contribution in [1.82, 2.24) is 15.3 Å². The molecule has 3 atom stereocenters. The van der Waals surface area contributed by atoms with E-state index in [1.807, 2.05) is 64.1 Å². The Labute approximate surface area is 265 Å². The van der Waals surface area contributed by atoms with E-state index in [0.717, 1.165) is 17.8 Å². The number of amides is 1. The first-order valence-corrected chi connectivity index (χ1v) is 18.8. The number of H-pyrrole nitrogens is 1. The lowest BCUT2D eigenvalue weighted by molar-refractivity contribution is 0.0418. The van der Waals surface area contributed by atoms with Crippen LogP contribution >= 0.6 is 0 Å². The van der Waals surface area contributed by atoms with Gasteiger partial charge in [-0.1, -0.05) is 88.4 Å². The fourth-order valence-electron chi connectivity index (χ4n) is 4.97.